The fraction of sp³-hybridized carbons (Fsp3) is 0.429. The van der Waals surface area contributed by atoms with E-state index in [0.717, 1.165) is 5.56 Å². The summed E-state index contributed by atoms with van der Waals surface area (Å²) in [6, 6.07) is 7.36. The summed E-state index contributed by atoms with van der Waals surface area (Å²) >= 11 is 0. The Labute approximate surface area is 112 Å². The topological polar surface area (TPSA) is 61.8 Å². The molecule has 5 heteroatoms. The summed E-state index contributed by atoms with van der Waals surface area (Å²) in [7, 11) is 4.15. The van der Waals surface area contributed by atoms with Crippen LogP contribution in [0.15, 0.2) is 24.3 Å². The van der Waals surface area contributed by atoms with Gasteiger partial charge in [-0.1, -0.05) is 18.2 Å². The lowest BCUT2D eigenvalue weighted by Gasteiger charge is -2.15. The second-order valence-corrected chi connectivity index (χ2v) is 4.02. The maximum atomic E-state index is 11.7. The predicted octanol–water partition coefficient (Wildman–Crippen LogP) is 1.59. The lowest BCUT2D eigenvalue weighted by Crippen LogP contribution is -2.23. The lowest BCUT2D eigenvalue weighted by molar-refractivity contribution is -0.152. The first kappa shape index (κ1) is 15.0. The van der Waals surface area contributed by atoms with Crippen molar-refractivity contribution in [3.63, 3.8) is 0 Å². The highest BCUT2D eigenvalue weighted by molar-refractivity contribution is 5.80. The second kappa shape index (κ2) is 7.41. The first-order valence-corrected chi connectivity index (χ1v) is 5.88. The largest absolute Gasteiger partial charge is 0.496 e. The maximum absolute atomic E-state index is 11.7. The molecule has 5 nitrogen and oxygen atoms in total. The molecule has 0 saturated heterocycles. The molecule has 0 heterocycles. The Hall–Kier alpha value is -2.04. The van der Waals surface area contributed by atoms with E-state index in [4.69, 9.17) is 9.47 Å². The van der Waals surface area contributed by atoms with Crippen LogP contribution in [0.25, 0.3) is 0 Å². The number of ether oxygens (including phenoxy) is 3. The minimum atomic E-state index is -0.575. The van der Waals surface area contributed by atoms with Gasteiger partial charge >= 0.3 is 11.9 Å². The molecule has 1 aromatic rings. The fourth-order valence-corrected chi connectivity index (χ4v) is 1.83. The summed E-state index contributed by atoms with van der Waals surface area (Å²) in [5.74, 6) is -0.767. The van der Waals surface area contributed by atoms with Crippen LogP contribution in [0.1, 0.15) is 12.0 Å². The van der Waals surface area contributed by atoms with Gasteiger partial charge in [0.25, 0.3) is 0 Å². The minimum Gasteiger partial charge on any atom is -0.496 e. The van der Waals surface area contributed by atoms with Gasteiger partial charge in [0.2, 0.25) is 0 Å². The first-order chi connectivity index (χ1) is 9.12. The number of para-hydroxylation sites is 1. The number of methoxy groups -OCH3 is 3. The zero-order chi connectivity index (χ0) is 14.3. The smallest absolute Gasteiger partial charge is 0.309 e. The quantitative estimate of drug-likeness (QED) is 0.732. The third-order valence-electron chi connectivity index (χ3n) is 2.83. The Morgan fingerprint density at radius 2 is 1.79 bits per heavy atom. The zero-order valence-electron chi connectivity index (χ0n) is 11.3. The van der Waals surface area contributed by atoms with E-state index in [2.05, 4.69) is 4.74 Å². The monoisotopic (exact) mass is 266 g/mol. The summed E-state index contributed by atoms with van der Waals surface area (Å²) in [6.07, 6.45) is 0.354. The Bertz CT molecular complexity index is 441. The summed E-state index contributed by atoms with van der Waals surface area (Å²) in [5, 5.41) is 0. The minimum absolute atomic E-state index is 0.0127. The van der Waals surface area contributed by atoms with E-state index >= 15 is 0 Å². The van der Waals surface area contributed by atoms with Gasteiger partial charge in [0.1, 0.15) is 5.75 Å². The van der Waals surface area contributed by atoms with Crippen LogP contribution >= 0.6 is 0 Å². The predicted molar refractivity (Wildman–Crippen MR) is 68.8 cm³/mol. The van der Waals surface area contributed by atoms with E-state index in [1.807, 2.05) is 24.3 Å². The van der Waals surface area contributed by atoms with Gasteiger partial charge in [0, 0.05) is 0 Å². The average molecular weight is 266 g/mol. The van der Waals surface area contributed by atoms with Crippen molar-refractivity contribution in [2.75, 3.05) is 21.3 Å². The fourth-order valence-electron chi connectivity index (χ4n) is 1.83. The molecule has 0 N–H and O–H groups in total. The van der Waals surface area contributed by atoms with E-state index in [9.17, 15) is 9.59 Å². The summed E-state index contributed by atoms with van der Waals surface area (Å²) in [6.45, 7) is 0. The average Bonchev–Trinajstić information content (AvgIpc) is 2.45. The third kappa shape index (κ3) is 4.28. The van der Waals surface area contributed by atoms with E-state index < -0.39 is 17.9 Å². The van der Waals surface area contributed by atoms with Crippen molar-refractivity contribution in [2.45, 2.75) is 12.8 Å². The number of esters is 2. The number of carbonyl (C=O) groups is 2. The Morgan fingerprint density at radius 3 is 2.37 bits per heavy atom. The SMILES string of the molecule is COC(=O)CC(Cc1ccccc1OC)C(=O)OC. The second-order valence-electron chi connectivity index (χ2n) is 4.02. The van der Waals surface area contributed by atoms with Gasteiger partial charge in [0.05, 0.1) is 33.7 Å². The van der Waals surface area contributed by atoms with Gasteiger partial charge in [-0.15, -0.1) is 0 Å². The zero-order valence-corrected chi connectivity index (χ0v) is 11.3. The van der Waals surface area contributed by atoms with Crippen LogP contribution in [0, 0.1) is 5.92 Å². The number of rotatable bonds is 6. The van der Waals surface area contributed by atoms with E-state index in [0.29, 0.717) is 12.2 Å². The van der Waals surface area contributed by atoms with Crippen molar-refractivity contribution in [3.05, 3.63) is 29.8 Å². The highest BCUT2D eigenvalue weighted by Gasteiger charge is 2.24. The number of carbonyl (C=O) groups excluding carboxylic acids is 2. The van der Waals surface area contributed by atoms with Crippen LogP contribution < -0.4 is 4.74 Å². The number of hydrogen-bond acceptors (Lipinski definition) is 5. The maximum Gasteiger partial charge on any atom is 0.309 e. The molecule has 0 fully saturated rings. The Kier molecular flexibility index (Phi) is 5.85. The van der Waals surface area contributed by atoms with Crippen molar-refractivity contribution in [2.24, 2.45) is 5.92 Å². The first-order valence-electron chi connectivity index (χ1n) is 5.88. The van der Waals surface area contributed by atoms with Gasteiger partial charge in [-0.25, -0.2) is 0 Å². The van der Waals surface area contributed by atoms with Crippen molar-refractivity contribution in [1.29, 1.82) is 0 Å². The molecule has 1 atom stereocenters. The van der Waals surface area contributed by atoms with Gasteiger partial charge in [-0.2, -0.15) is 0 Å². The van der Waals surface area contributed by atoms with Gasteiger partial charge in [-0.05, 0) is 18.1 Å². The van der Waals surface area contributed by atoms with Crippen molar-refractivity contribution >= 4 is 11.9 Å². The summed E-state index contributed by atoms with van der Waals surface area (Å²) < 4.78 is 14.5. The molecule has 1 rings (SSSR count). The van der Waals surface area contributed by atoms with Crippen LogP contribution in [-0.4, -0.2) is 33.3 Å². The molecule has 0 aromatic heterocycles. The molecule has 0 aliphatic heterocycles. The molecule has 0 bridgehead atoms. The van der Waals surface area contributed by atoms with Crippen LogP contribution in [0.5, 0.6) is 5.75 Å². The molecule has 0 saturated carbocycles. The Balaban J connectivity index is 2.87. The van der Waals surface area contributed by atoms with Crippen LogP contribution in [-0.2, 0) is 25.5 Å². The molecule has 1 aromatic carbocycles. The molecule has 0 aliphatic rings. The summed E-state index contributed by atoms with van der Waals surface area (Å²) in [4.78, 5) is 23.0. The van der Waals surface area contributed by atoms with Crippen molar-refractivity contribution in [1.82, 2.24) is 0 Å². The number of hydrogen-bond donors (Lipinski definition) is 0. The standard InChI is InChI=1S/C14H18O5/c1-17-12-7-5-4-6-10(12)8-11(14(16)19-3)9-13(15)18-2/h4-7,11H,8-9H2,1-3H3. The van der Waals surface area contributed by atoms with Crippen LogP contribution in [0.3, 0.4) is 0 Å². The molecule has 19 heavy (non-hydrogen) atoms. The number of benzene rings is 1. The van der Waals surface area contributed by atoms with Crippen molar-refractivity contribution in [3.8, 4) is 5.75 Å². The molecule has 0 aliphatic carbocycles. The van der Waals surface area contributed by atoms with E-state index in [1.165, 1.54) is 14.2 Å². The normalized spacial score (nSPS) is 11.5. The molecular formula is C14H18O5. The Morgan fingerprint density at radius 1 is 1.11 bits per heavy atom. The molecule has 0 amide bonds. The molecule has 104 valence electrons. The molecular weight excluding hydrogens is 248 g/mol. The lowest BCUT2D eigenvalue weighted by atomic mass is 9.95. The molecule has 1 unspecified atom stereocenters. The summed E-state index contributed by atoms with van der Waals surface area (Å²) in [5.41, 5.74) is 0.851. The van der Waals surface area contributed by atoms with Gasteiger partial charge in [-0.3, -0.25) is 9.59 Å². The van der Waals surface area contributed by atoms with Crippen LogP contribution in [0.2, 0.25) is 0 Å². The highest BCUT2D eigenvalue weighted by atomic mass is 16.5. The van der Waals surface area contributed by atoms with E-state index in [-0.39, 0.29) is 6.42 Å². The van der Waals surface area contributed by atoms with Gasteiger partial charge in [0.15, 0.2) is 0 Å². The molecule has 0 radical (unpaired) electrons. The van der Waals surface area contributed by atoms with Crippen LogP contribution in [0.4, 0.5) is 0 Å². The van der Waals surface area contributed by atoms with Crippen molar-refractivity contribution < 1.29 is 23.8 Å². The molecule has 0 spiro atoms. The third-order valence-corrected chi connectivity index (χ3v) is 2.83. The van der Waals surface area contributed by atoms with E-state index in [1.54, 1.807) is 7.11 Å². The highest BCUT2D eigenvalue weighted by Crippen LogP contribution is 2.23. The van der Waals surface area contributed by atoms with Gasteiger partial charge < -0.3 is 14.2 Å².